The van der Waals surface area contributed by atoms with Crippen molar-refractivity contribution in [2.45, 2.75) is 33.6 Å². The molecule has 0 amide bonds. The summed E-state index contributed by atoms with van der Waals surface area (Å²) in [6.07, 6.45) is 2.13. The predicted octanol–water partition coefficient (Wildman–Crippen LogP) is 3.98. The summed E-state index contributed by atoms with van der Waals surface area (Å²) in [5.41, 5.74) is 5.72. The van der Waals surface area contributed by atoms with Gasteiger partial charge in [0.25, 0.3) is 0 Å². The molecule has 1 aromatic heterocycles. The molecule has 1 N–H and O–H groups in total. The van der Waals surface area contributed by atoms with Crippen molar-refractivity contribution in [2.24, 2.45) is 0 Å². The van der Waals surface area contributed by atoms with Crippen LogP contribution in [0.1, 0.15) is 28.9 Å². The van der Waals surface area contributed by atoms with Crippen molar-refractivity contribution in [1.29, 1.82) is 0 Å². The molecule has 0 saturated heterocycles. The largest absolute Gasteiger partial charge is 0.320 e. The van der Waals surface area contributed by atoms with E-state index in [-0.39, 0.29) is 0 Å². The summed E-state index contributed by atoms with van der Waals surface area (Å²) in [6, 6.07) is 6.27. The number of halogens is 1. The van der Waals surface area contributed by atoms with Gasteiger partial charge in [0, 0.05) is 21.4 Å². The summed E-state index contributed by atoms with van der Waals surface area (Å²) in [5, 5.41) is 3.18. The number of rotatable bonds is 5. The van der Waals surface area contributed by atoms with E-state index in [1.807, 2.05) is 7.05 Å². The maximum Gasteiger partial charge on any atom is 0.160 e. The first kappa shape index (κ1) is 16.1. The van der Waals surface area contributed by atoms with Gasteiger partial charge in [-0.3, -0.25) is 0 Å². The lowest BCUT2D eigenvalue weighted by Gasteiger charge is -2.12. The first-order valence-electron chi connectivity index (χ1n) is 7.28. The lowest BCUT2D eigenvalue weighted by molar-refractivity contribution is 0.715. The minimum absolute atomic E-state index is 0.800. The molecule has 112 valence electrons. The molecule has 2 aromatic rings. The van der Waals surface area contributed by atoms with Crippen molar-refractivity contribution < 1.29 is 0 Å². The molecule has 2 rings (SSSR count). The lowest BCUT2D eigenvalue weighted by Crippen LogP contribution is -2.10. The van der Waals surface area contributed by atoms with Crippen molar-refractivity contribution in [3.63, 3.8) is 0 Å². The summed E-state index contributed by atoms with van der Waals surface area (Å²) >= 11 is 3.61. The van der Waals surface area contributed by atoms with Crippen LogP contribution in [0.3, 0.4) is 0 Å². The van der Waals surface area contributed by atoms with Gasteiger partial charge in [0.15, 0.2) is 5.82 Å². The first-order valence-corrected chi connectivity index (χ1v) is 8.07. The van der Waals surface area contributed by atoms with Gasteiger partial charge in [0.2, 0.25) is 0 Å². The summed E-state index contributed by atoms with van der Waals surface area (Å²) < 4.78 is 1.05. The number of nitrogens with one attached hydrogen (secondary N) is 1. The van der Waals surface area contributed by atoms with Gasteiger partial charge in [-0.1, -0.05) is 22.0 Å². The number of aromatic nitrogens is 2. The summed E-state index contributed by atoms with van der Waals surface area (Å²) in [4.78, 5) is 9.42. The average molecular weight is 348 g/mol. The Bertz CT molecular complexity index is 615. The Labute approximate surface area is 135 Å². The minimum atomic E-state index is 0.800. The number of benzene rings is 1. The zero-order chi connectivity index (χ0) is 15.4. The van der Waals surface area contributed by atoms with Gasteiger partial charge in [-0.2, -0.15) is 0 Å². The zero-order valence-electron chi connectivity index (χ0n) is 13.1. The summed E-state index contributed by atoms with van der Waals surface area (Å²) in [6.45, 7) is 7.25. The molecule has 3 nitrogen and oxygen atoms in total. The monoisotopic (exact) mass is 347 g/mol. The Balaban J connectivity index is 2.35. The zero-order valence-corrected chi connectivity index (χ0v) is 14.7. The van der Waals surface area contributed by atoms with Crippen LogP contribution < -0.4 is 5.32 Å². The topological polar surface area (TPSA) is 37.8 Å². The van der Waals surface area contributed by atoms with Crippen molar-refractivity contribution in [3.05, 3.63) is 45.2 Å². The van der Waals surface area contributed by atoms with E-state index in [1.54, 1.807) is 0 Å². The van der Waals surface area contributed by atoms with Gasteiger partial charge in [-0.25, -0.2) is 9.97 Å². The molecule has 0 fully saturated rings. The van der Waals surface area contributed by atoms with Crippen molar-refractivity contribution in [3.8, 4) is 11.4 Å². The highest BCUT2D eigenvalue weighted by Gasteiger charge is 2.12. The van der Waals surface area contributed by atoms with Gasteiger partial charge in [-0.15, -0.1) is 0 Å². The normalized spacial score (nSPS) is 10.9. The second-order valence-electron chi connectivity index (χ2n) is 5.39. The molecular weight excluding hydrogens is 326 g/mol. The van der Waals surface area contributed by atoms with Gasteiger partial charge >= 0.3 is 0 Å². The maximum absolute atomic E-state index is 4.71. The second-order valence-corrected chi connectivity index (χ2v) is 6.24. The average Bonchev–Trinajstić information content (AvgIpc) is 2.41. The molecule has 4 heteroatoms. The molecule has 0 atom stereocenters. The van der Waals surface area contributed by atoms with E-state index in [4.69, 9.17) is 9.97 Å². The second kappa shape index (κ2) is 7.14. The molecule has 1 heterocycles. The Kier molecular flexibility index (Phi) is 5.48. The molecule has 0 aliphatic carbocycles. The van der Waals surface area contributed by atoms with E-state index in [0.29, 0.717) is 0 Å². The lowest BCUT2D eigenvalue weighted by atomic mass is 10.1. The highest BCUT2D eigenvalue weighted by molar-refractivity contribution is 9.10. The third kappa shape index (κ3) is 3.89. The molecule has 0 spiro atoms. The molecule has 21 heavy (non-hydrogen) atoms. The highest BCUT2D eigenvalue weighted by atomic mass is 79.9. The quantitative estimate of drug-likeness (QED) is 0.831. The molecule has 1 aromatic carbocycles. The van der Waals surface area contributed by atoms with E-state index in [9.17, 15) is 0 Å². The standard InChI is InChI=1S/C17H22BrN3/c1-11-7-8-15(16(18)10-11)17-20-12(2)14(13(3)21-17)6-5-9-19-4/h7-8,10,19H,5-6,9H2,1-4H3. The van der Waals surface area contributed by atoms with E-state index in [2.05, 4.69) is 60.2 Å². The number of nitrogens with zero attached hydrogens (tertiary/aromatic N) is 2. The number of aryl methyl sites for hydroxylation is 3. The fourth-order valence-corrected chi connectivity index (χ4v) is 3.14. The van der Waals surface area contributed by atoms with Crippen LogP contribution in [-0.2, 0) is 6.42 Å². The Morgan fingerprint density at radius 3 is 2.33 bits per heavy atom. The third-order valence-corrected chi connectivity index (χ3v) is 4.30. The van der Waals surface area contributed by atoms with Crippen LogP contribution in [0, 0.1) is 20.8 Å². The van der Waals surface area contributed by atoms with Gasteiger partial charge in [0.1, 0.15) is 0 Å². The van der Waals surface area contributed by atoms with E-state index >= 15 is 0 Å². The SMILES string of the molecule is CNCCCc1c(C)nc(-c2ccc(C)cc2Br)nc1C. The van der Waals surface area contributed by atoms with Crippen LogP contribution in [0.2, 0.25) is 0 Å². The first-order chi connectivity index (χ1) is 10.0. The van der Waals surface area contributed by atoms with Gasteiger partial charge in [0.05, 0.1) is 0 Å². The highest BCUT2D eigenvalue weighted by Crippen LogP contribution is 2.28. The fourth-order valence-electron chi connectivity index (χ4n) is 2.47. The third-order valence-electron chi connectivity index (χ3n) is 3.64. The van der Waals surface area contributed by atoms with Crippen LogP contribution in [-0.4, -0.2) is 23.6 Å². The molecule has 0 bridgehead atoms. The van der Waals surface area contributed by atoms with E-state index in [0.717, 1.165) is 46.6 Å². The molecule has 0 unspecified atom stereocenters. The number of hydrogen-bond acceptors (Lipinski definition) is 3. The minimum Gasteiger partial charge on any atom is -0.320 e. The van der Waals surface area contributed by atoms with Crippen molar-refractivity contribution >= 4 is 15.9 Å². The smallest absolute Gasteiger partial charge is 0.160 e. The molecule has 0 radical (unpaired) electrons. The summed E-state index contributed by atoms with van der Waals surface area (Å²) in [7, 11) is 1.98. The Morgan fingerprint density at radius 2 is 1.76 bits per heavy atom. The van der Waals surface area contributed by atoms with Crippen LogP contribution in [0.25, 0.3) is 11.4 Å². The van der Waals surface area contributed by atoms with Crippen molar-refractivity contribution in [2.75, 3.05) is 13.6 Å². The van der Waals surface area contributed by atoms with Gasteiger partial charge < -0.3 is 5.32 Å². The van der Waals surface area contributed by atoms with Crippen LogP contribution >= 0.6 is 15.9 Å². The Hall–Kier alpha value is -1.26. The fraction of sp³-hybridized carbons (Fsp3) is 0.412. The molecule has 0 saturated carbocycles. The van der Waals surface area contributed by atoms with Crippen LogP contribution in [0.5, 0.6) is 0 Å². The number of hydrogen-bond donors (Lipinski definition) is 1. The summed E-state index contributed by atoms with van der Waals surface area (Å²) in [5.74, 6) is 0.800. The van der Waals surface area contributed by atoms with E-state index in [1.165, 1.54) is 11.1 Å². The van der Waals surface area contributed by atoms with Gasteiger partial charge in [-0.05, 0) is 70.5 Å². The molecular formula is C17H22BrN3. The van der Waals surface area contributed by atoms with E-state index < -0.39 is 0 Å². The van der Waals surface area contributed by atoms with Crippen LogP contribution in [0.4, 0.5) is 0 Å². The Morgan fingerprint density at radius 1 is 1.10 bits per heavy atom. The van der Waals surface area contributed by atoms with Crippen LogP contribution in [0.15, 0.2) is 22.7 Å². The maximum atomic E-state index is 4.71. The predicted molar refractivity (Wildman–Crippen MR) is 91.6 cm³/mol. The molecule has 0 aliphatic rings. The molecule has 0 aliphatic heterocycles. The van der Waals surface area contributed by atoms with Crippen molar-refractivity contribution in [1.82, 2.24) is 15.3 Å².